The quantitative estimate of drug-likeness (QED) is 0.515. The lowest BCUT2D eigenvalue weighted by atomic mass is 10.1. The minimum Gasteiger partial charge on any atom is -0.493 e. The number of amides is 1. The Morgan fingerprint density at radius 1 is 1.00 bits per heavy atom. The van der Waals surface area contributed by atoms with Crippen LogP contribution in [0.2, 0.25) is 0 Å². The third-order valence-corrected chi connectivity index (χ3v) is 3.88. The molecular weight excluding hydrogens is 366 g/mol. The molecule has 3 aromatic rings. The van der Waals surface area contributed by atoms with Crippen molar-refractivity contribution in [2.45, 2.75) is 0 Å². The Balaban J connectivity index is 1.80. The Kier molecular flexibility index (Phi) is 5.59. The number of anilines is 1. The molecule has 1 N–H and O–H groups in total. The fraction of sp³-hybridized carbons (Fsp3) is 0.150. The van der Waals surface area contributed by atoms with Gasteiger partial charge in [0.25, 0.3) is 5.91 Å². The van der Waals surface area contributed by atoms with Gasteiger partial charge >= 0.3 is 11.6 Å². The fourth-order valence-electron chi connectivity index (χ4n) is 2.48. The molecule has 8 nitrogen and oxygen atoms in total. The number of ether oxygens (including phenoxy) is 3. The highest BCUT2D eigenvalue weighted by Gasteiger charge is 2.13. The van der Waals surface area contributed by atoms with Gasteiger partial charge in [0.2, 0.25) is 0 Å². The number of fused-ring (bicyclic) bond motifs is 1. The molecule has 1 aromatic heterocycles. The van der Waals surface area contributed by atoms with Crippen molar-refractivity contribution in [3.63, 3.8) is 0 Å². The van der Waals surface area contributed by atoms with Crippen molar-refractivity contribution in [1.29, 1.82) is 0 Å². The predicted molar refractivity (Wildman–Crippen MR) is 101 cm³/mol. The van der Waals surface area contributed by atoms with Crippen molar-refractivity contribution in [2.75, 3.05) is 26.1 Å². The summed E-state index contributed by atoms with van der Waals surface area (Å²) in [6.45, 7) is -0.312. The van der Waals surface area contributed by atoms with E-state index >= 15 is 0 Å². The predicted octanol–water partition coefficient (Wildman–Crippen LogP) is 2.61. The van der Waals surface area contributed by atoms with E-state index in [1.54, 1.807) is 36.4 Å². The molecule has 1 amide bonds. The van der Waals surface area contributed by atoms with Crippen LogP contribution in [0.3, 0.4) is 0 Å². The van der Waals surface area contributed by atoms with Gasteiger partial charge in [0.05, 0.1) is 14.2 Å². The smallest absolute Gasteiger partial charge is 0.343 e. The number of carbonyl (C=O) groups excluding carboxylic acids is 2. The van der Waals surface area contributed by atoms with Gasteiger partial charge < -0.3 is 23.9 Å². The first-order chi connectivity index (χ1) is 13.5. The molecule has 3 rings (SSSR count). The van der Waals surface area contributed by atoms with E-state index in [1.165, 1.54) is 26.4 Å². The van der Waals surface area contributed by atoms with E-state index in [9.17, 15) is 14.4 Å². The van der Waals surface area contributed by atoms with Gasteiger partial charge in [-0.2, -0.15) is 0 Å². The summed E-state index contributed by atoms with van der Waals surface area (Å²) < 4.78 is 20.1. The summed E-state index contributed by atoms with van der Waals surface area (Å²) in [4.78, 5) is 35.1. The average molecular weight is 383 g/mol. The molecule has 28 heavy (non-hydrogen) atoms. The number of hydrogen-bond donors (Lipinski definition) is 1. The van der Waals surface area contributed by atoms with Crippen LogP contribution in [-0.4, -0.2) is 32.7 Å². The molecule has 0 saturated heterocycles. The lowest BCUT2D eigenvalue weighted by molar-refractivity contribution is -0.142. The first kappa shape index (κ1) is 19.0. The molecule has 0 radical (unpaired) electrons. The Morgan fingerprint density at radius 2 is 1.82 bits per heavy atom. The van der Waals surface area contributed by atoms with Gasteiger partial charge in [0.15, 0.2) is 18.1 Å². The molecule has 2 aromatic carbocycles. The summed E-state index contributed by atoms with van der Waals surface area (Å²) in [6, 6.07) is 12.4. The highest BCUT2D eigenvalue weighted by molar-refractivity contribution is 6.05. The van der Waals surface area contributed by atoms with Gasteiger partial charge in [-0.1, -0.05) is 0 Å². The minimum absolute atomic E-state index is 0.237. The van der Waals surface area contributed by atoms with Gasteiger partial charge in [-0.15, -0.1) is 0 Å². The largest absolute Gasteiger partial charge is 0.493 e. The Labute approximate surface area is 159 Å². The first-order valence-corrected chi connectivity index (χ1v) is 8.23. The lowest BCUT2D eigenvalue weighted by Gasteiger charge is -2.12. The normalized spacial score (nSPS) is 10.4. The van der Waals surface area contributed by atoms with Crippen LogP contribution in [0.5, 0.6) is 11.5 Å². The zero-order chi connectivity index (χ0) is 20.1. The van der Waals surface area contributed by atoms with E-state index in [0.717, 1.165) is 0 Å². The van der Waals surface area contributed by atoms with Crippen LogP contribution in [0.15, 0.2) is 57.7 Å². The van der Waals surface area contributed by atoms with Gasteiger partial charge in [0.1, 0.15) is 5.58 Å². The maximum atomic E-state index is 12.6. The number of nitrogens with one attached hydrogen (secondary N) is 1. The summed E-state index contributed by atoms with van der Waals surface area (Å²) in [5.41, 5.74) is 0.815. The van der Waals surface area contributed by atoms with E-state index in [-0.39, 0.29) is 18.3 Å². The van der Waals surface area contributed by atoms with E-state index in [0.29, 0.717) is 28.0 Å². The SMILES string of the molecule is COC(=O)COc1cc(C(=O)Nc2ccc3oc(=O)ccc3c2)ccc1OC. The van der Waals surface area contributed by atoms with Crippen LogP contribution in [-0.2, 0) is 9.53 Å². The molecule has 8 heteroatoms. The Bertz CT molecular complexity index is 1090. The fourth-order valence-corrected chi connectivity index (χ4v) is 2.48. The molecular formula is C20H17NO7. The van der Waals surface area contributed by atoms with Crippen LogP contribution in [0.1, 0.15) is 10.4 Å². The second-order valence-electron chi connectivity index (χ2n) is 5.69. The molecule has 144 valence electrons. The summed E-state index contributed by atoms with van der Waals surface area (Å²) in [6.07, 6.45) is 0. The van der Waals surface area contributed by atoms with E-state index < -0.39 is 11.6 Å². The van der Waals surface area contributed by atoms with Gasteiger partial charge in [-0.25, -0.2) is 9.59 Å². The molecule has 0 atom stereocenters. The third kappa shape index (κ3) is 4.29. The van der Waals surface area contributed by atoms with E-state index in [4.69, 9.17) is 13.9 Å². The van der Waals surface area contributed by atoms with E-state index in [1.807, 2.05) is 0 Å². The summed E-state index contributed by atoms with van der Waals surface area (Å²) in [5.74, 6) is -0.330. The van der Waals surface area contributed by atoms with Crippen molar-refractivity contribution in [2.24, 2.45) is 0 Å². The van der Waals surface area contributed by atoms with Crippen molar-refractivity contribution in [3.8, 4) is 11.5 Å². The van der Waals surface area contributed by atoms with Crippen molar-refractivity contribution >= 4 is 28.5 Å². The number of rotatable bonds is 6. The number of methoxy groups -OCH3 is 2. The Morgan fingerprint density at radius 3 is 2.57 bits per heavy atom. The minimum atomic E-state index is -0.556. The summed E-state index contributed by atoms with van der Waals surface area (Å²) in [7, 11) is 2.70. The van der Waals surface area contributed by atoms with Gasteiger partial charge in [0, 0.05) is 22.7 Å². The molecule has 0 aliphatic carbocycles. The molecule has 0 aliphatic heterocycles. The first-order valence-electron chi connectivity index (χ1n) is 8.23. The van der Waals surface area contributed by atoms with Gasteiger partial charge in [-0.3, -0.25) is 4.79 Å². The number of hydrogen-bond acceptors (Lipinski definition) is 7. The third-order valence-electron chi connectivity index (χ3n) is 3.88. The molecule has 0 aliphatic rings. The average Bonchev–Trinajstić information content (AvgIpc) is 2.71. The Hall–Kier alpha value is -3.81. The zero-order valence-electron chi connectivity index (χ0n) is 15.2. The van der Waals surface area contributed by atoms with Crippen LogP contribution < -0.4 is 20.4 Å². The highest BCUT2D eigenvalue weighted by atomic mass is 16.6. The second-order valence-corrected chi connectivity index (χ2v) is 5.69. The molecule has 0 bridgehead atoms. The highest BCUT2D eigenvalue weighted by Crippen LogP contribution is 2.28. The maximum absolute atomic E-state index is 12.6. The number of carbonyl (C=O) groups is 2. The monoisotopic (exact) mass is 383 g/mol. The van der Waals surface area contributed by atoms with Crippen molar-refractivity contribution in [1.82, 2.24) is 0 Å². The van der Waals surface area contributed by atoms with Crippen LogP contribution in [0.4, 0.5) is 5.69 Å². The van der Waals surface area contributed by atoms with Crippen molar-refractivity contribution in [3.05, 3.63) is 64.5 Å². The van der Waals surface area contributed by atoms with Crippen LogP contribution >= 0.6 is 0 Å². The number of esters is 1. The van der Waals surface area contributed by atoms with E-state index in [2.05, 4.69) is 10.1 Å². The lowest BCUT2D eigenvalue weighted by Crippen LogP contribution is -2.15. The topological polar surface area (TPSA) is 104 Å². The van der Waals surface area contributed by atoms with Crippen LogP contribution in [0.25, 0.3) is 11.0 Å². The molecule has 0 fully saturated rings. The molecule has 0 unspecified atom stereocenters. The van der Waals surface area contributed by atoms with Crippen LogP contribution in [0, 0.1) is 0 Å². The second kappa shape index (κ2) is 8.26. The number of benzene rings is 2. The summed E-state index contributed by atoms with van der Waals surface area (Å²) in [5, 5.41) is 3.43. The standard InChI is InChI=1S/C20H17NO7/c1-25-16-6-3-13(10-17(16)27-11-19(23)26-2)20(24)21-14-5-7-15-12(9-14)4-8-18(22)28-15/h3-10H,11H2,1-2H3,(H,21,24). The molecule has 0 spiro atoms. The molecule has 0 saturated carbocycles. The van der Waals surface area contributed by atoms with Crippen molar-refractivity contribution < 1.29 is 28.2 Å². The van der Waals surface area contributed by atoms with Gasteiger partial charge in [-0.05, 0) is 42.5 Å². The zero-order valence-corrected chi connectivity index (χ0v) is 15.2. The summed E-state index contributed by atoms with van der Waals surface area (Å²) >= 11 is 0. The molecule has 1 heterocycles. The maximum Gasteiger partial charge on any atom is 0.343 e.